The molecule has 3 nitrogen and oxygen atoms in total. The lowest BCUT2D eigenvalue weighted by atomic mass is 10.1. The van der Waals surface area contributed by atoms with Crippen molar-refractivity contribution in [3.8, 4) is 11.5 Å². The SMILES string of the molecule is C[C@H](N)c1ccc2c(c1)OCO2.Cl. The molecule has 1 aromatic carbocycles. The molecule has 0 fully saturated rings. The highest BCUT2D eigenvalue weighted by Gasteiger charge is 2.13. The van der Waals surface area contributed by atoms with Crippen LogP contribution in [0.1, 0.15) is 18.5 Å². The molecule has 0 radical (unpaired) electrons. The molecule has 13 heavy (non-hydrogen) atoms. The number of hydrogen-bond acceptors (Lipinski definition) is 3. The highest BCUT2D eigenvalue weighted by Crippen LogP contribution is 2.33. The summed E-state index contributed by atoms with van der Waals surface area (Å²) in [6.45, 7) is 2.26. The van der Waals surface area contributed by atoms with Crippen LogP contribution >= 0.6 is 12.4 Å². The molecule has 72 valence electrons. The largest absolute Gasteiger partial charge is 0.454 e. The van der Waals surface area contributed by atoms with Gasteiger partial charge >= 0.3 is 0 Å². The molecule has 2 rings (SSSR count). The third-order valence-corrected chi connectivity index (χ3v) is 1.92. The van der Waals surface area contributed by atoms with Crippen LogP contribution in [0.2, 0.25) is 0 Å². The first-order valence-electron chi connectivity index (χ1n) is 3.92. The summed E-state index contributed by atoms with van der Waals surface area (Å²) in [5.74, 6) is 1.60. The lowest BCUT2D eigenvalue weighted by Crippen LogP contribution is -2.04. The molecule has 0 unspecified atom stereocenters. The molecule has 1 heterocycles. The van der Waals surface area contributed by atoms with Crippen molar-refractivity contribution in [1.82, 2.24) is 0 Å². The first kappa shape index (κ1) is 10.2. The van der Waals surface area contributed by atoms with Crippen molar-refractivity contribution in [2.75, 3.05) is 6.79 Å². The van der Waals surface area contributed by atoms with Gasteiger partial charge in [0.1, 0.15) is 0 Å². The van der Waals surface area contributed by atoms with Gasteiger partial charge in [0.25, 0.3) is 0 Å². The van der Waals surface area contributed by atoms with Crippen molar-refractivity contribution in [3.63, 3.8) is 0 Å². The maximum absolute atomic E-state index is 5.71. The summed E-state index contributed by atoms with van der Waals surface area (Å²) in [6, 6.07) is 5.81. The molecule has 1 aliphatic rings. The Morgan fingerprint density at radius 3 is 2.69 bits per heavy atom. The molecule has 1 aliphatic heterocycles. The Bertz CT molecular complexity index is 302. The van der Waals surface area contributed by atoms with E-state index in [1.54, 1.807) is 0 Å². The minimum absolute atomic E-state index is 0. The molecule has 1 atom stereocenters. The van der Waals surface area contributed by atoms with Crippen LogP contribution in [0, 0.1) is 0 Å². The molecular weight excluding hydrogens is 190 g/mol. The topological polar surface area (TPSA) is 44.5 Å². The van der Waals surface area contributed by atoms with Crippen LogP contribution in [0.3, 0.4) is 0 Å². The summed E-state index contributed by atoms with van der Waals surface area (Å²) in [6.07, 6.45) is 0. The van der Waals surface area contributed by atoms with Crippen LogP contribution in [-0.2, 0) is 0 Å². The van der Waals surface area contributed by atoms with E-state index in [0.29, 0.717) is 6.79 Å². The van der Waals surface area contributed by atoms with Crippen LogP contribution in [0.5, 0.6) is 11.5 Å². The predicted octanol–water partition coefficient (Wildman–Crippen LogP) is 1.86. The van der Waals surface area contributed by atoms with Crippen molar-refractivity contribution >= 4 is 12.4 Å². The fraction of sp³-hybridized carbons (Fsp3) is 0.333. The summed E-state index contributed by atoms with van der Waals surface area (Å²) in [7, 11) is 0. The second-order valence-corrected chi connectivity index (χ2v) is 2.90. The van der Waals surface area contributed by atoms with Crippen LogP contribution < -0.4 is 15.2 Å². The normalized spacial score (nSPS) is 14.9. The lowest BCUT2D eigenvalue weighted by Gasteiger charge is -2.05. The standard InChI is InChI=1S/C9H11NO2.ClH/c1-6(10)7-2-3-8-9(4-7)12-5-11-8;/h2-4,6H,5,10H2,1H3;1H/t6-;/m0./s1. The quantitative estimate of drug-likeness (QED) is 0.755. The van der Waals surface area contributed by atoms with Gasteiger partial charge in [0, 0.05) is 6.04 Å². The van der Waals surface area contributed by atoms with Crippen LogP contribution in [-0.4, -0.2) is 6.79 Å². The molecule has 4 heteroatoms. The molecule has 0 saturated heterocycles. The van der Waals surface area contributed by atoms with Crippen molar-refractivity contribution in [1.29, 1.82) is 0 Å². The van der Waals surface area contributed by atoms with Gasteiger partial charge in [-0.25, -0.2) is 0 Å². The number of halogens is 1. The second-order valence-electron chi connectivity index (χ2n) is 2.90. The fourth-order valence-electron chi connectivity index (χ4n) is 1.20. The van der Waals surface area contributed by atoms with Gasteiger partial charge in [-0.3, -0.25) is 0 Å². The molecule has 0 saturated carbocycles. The van der Waals surface area contributed by atoms with Gasteiger partial charge in [0.15, 0.2) is 11.5 Å². The van der Waals surface area contributed by atoms with Crippen molar-refractivity contribution in [2.45, 2.75) is 13.0 Å². The van der Waals surface area contributed by atoms with E-state index in [1.165, 1.54) is 0 Å². The third-order valence-electron chi connectivity index (χ3n) is 1.92. The number of fused-ring (bicyclic) bond motifs is 1. The van der Waals surface area contributed by atoms with Crippen molar-refractivity contribution in [2.24, 2.45) is 5.73 Å². The minimum atomic E-state index is 0. The van der Waals surface area contributed by atoms with E-state index in [0.717, 1.165) is 17.1 Å². The molecule has 0 spiro atoms. The second kappa shape index (κ2) is 3.85. The van der Waals surface area contributed by atoms with E-state index in [4.69, 9.17) is 15.2 Å². The van der Waals surface area contributed by atoms with Gasteiger partial charge < -0.3 is 15.2 Å². The predicted molar refractivity (Wildman–Crippen MR) is 52.4 cm³/mol. The zero-order chi connectivity index (χ0) is 8.55. The van der Waals surface area contributed by atoms with Gasteiger partial charge in [-0.1, -0.05) is 6.07 Å². The zero-order valence-corrected chi connectivity index (χ0v) is 8.14. The van der Waals surface area contributed by atoms with Gasteiger partial charge in [0.2, 0.25) is 6.79 Å². The van der Waals surface area contributed by atoms with Crippen LogP contribution in [0.4, 0.5) is 0 Å². The van der Waals surface area contributed by atoms with Crippen molar-refractivity contribution < 1.29 is 9.47 Å². The Morgan fingerprint density at radius 2 is 2.00 bits per heavy atom. The maximum Gasteiger partial charge on any atom is 0.231 e. The first-order chi connectivity index (χ1) is 5.77. The van der Waals surface area contributed by atoms with Gasteiger partial charge in [-0.15, -0.1) is 12.4 Å². The third kappa shape index (κ3) is 1.87. The first-order valence-corrected chi connectivity index (χ1v) is 3.92. The van der Waals surface area contributed by atoms with E-state index in [9.17, 15) is 0 Å². The summed E-state index contributed by atoms with van der Waals surface area (Å²) in [5, 5.41) is 0. The average Bonchev–Trinajstić information content (AvgIpc) is 2.49. The number of rotatable bonds is 1. The van der Waals surface area contributed by atoms with Gasteiger partial charge in [0.05, 0.1) is 0 Å². The molecule has 0 bridgehead atoms. The Balaban J connectivity index is 0.000000845. The van der Waals surface area contributed by atoms with Crippen LogP contribution in [0.25, 0.3) is 0 Å². The highest BCUT2D eigenvalue weighted by molar-refractivity contribution is 5.85. The number of hydrogen-bond donors (Lipinski definition) is 1. The summed E-state index contributed by atoms with van der Waals surface area (Å²) < 4.78 is 10.4. The Hall–Kier alpha value is -0.930. The van der Waals surface area contributed by atoms with E-state index in [1.807, 2.05) is 25.1 Å². The number of benzene rings is 1. The lowest BCUT2D eigenvalue weighted by molar-refractivity contribution is 0.174. The van der Waals surface area contributed by atoms with Crippen LogP contribution in [0.15, 0.2) is 18.2 Å². The molecule has 0 amide bonds. The monoisotopic (exact) mass is 201 g/mol. The Labute approximate surface area is 83.2 Å². The Morgan fingerprint density at radius 1 is 1.31 bits per heavy atom. The number of ether oxygens (including phenoxy) is 2. The zero-order valence-electron chi connectivity index (χ0n) is 7.32. The van der Waals surface area contributed by atoms with Gasteiger partial charge in [-0.05, 0) is 24.6 Å². The minimum Gasteiger partial charge on any atom is -0.454 e. The summed E-state index contributed by atoms with van der Waals surface area (Å²) in [5.41, 5.74) is 6.78. The maximum atomic E-state index is 5.71. The highest BCUT2D eigenvalue weighted by atomic mass is 35.5. The molecule has 0 aliphatic carbocycles. The molecular formula is C9H12ClNO2. The van der Waals surface area contributed by atoms with E-state index in [2.05, 4.69) is 0 Å². The number of nitrogens with two attached hydrogens (primary N) is 1. The molecule has 0 aromatic heterocycles. The summed E-state index contributed by atoms with van der Waals surface area (Å²) in [4.78, 5) is 0. The van der Waals surface area contributed by atoms with Crippen molar-refractivity contribution in [3.05, 3.63) is 23.8 Å². The van der Waals surface area contributed by atoms with E-state index in [-0.39, 0.29) is 18.4 Å². The van der Waals surface area contributed by atoms with E-state index < -0.39 is 0 Å². The summed E-state index contributed by atoms with van der Waals surface area (Å²) >= 11 is 0. The Kier molecular flexibility index (Phi) is 3.01. The van der Waals surface area contributed by atoms with Gasteiger partial charge in [-0.2, -0.15) is 0 Å². The fourth-order valence-corrected chi connectivity index (χ4v) is 1.20. The smallest absolute Gasteiger partial charge is 0.231 e. The molecule has 1 aromatic rings. The average molecular weight is 202 g/mol. The molecule has 2 N–H and O–H groups in total. The van der Waals surface area contributed by atoms with E-state index >= 15 is 0 Å².